The van der Waals surface area contributed by atoms with E-state index in [1.54, 1.807) is 48.5 Å². The van der Waals surface area contributed by atoms with E-state index in [0.29, 0.717) is 50.7 Å². The van der Waals surface area contributed by atoms with Gasteiger partial charge in [-0.3, -0.25) is 20.2 Å². The van der Waals surface area contributed by atoms with Crippen molar-refractivity contribution < 1.29 is 47.1 Å². The number of rotatable bonds is 17. The molecule has 0 saturated carbocycles. The van der Waals surface area contributed by atoms with Crippen molar-refractivity contribution in [3.8, 4) is 28.7 Å². The summed E-state index contributed by atoms with van der Waals surface area (Å²) < 4.78 is 59.3. The van der Waals surface area contributed by atoms with Crippen molar-refractivity contribution in [2.75, 3.05) is 21.7 Å². The van der Waals surface area contributed by atoms with Gasteiger partial charge in [0.2, 0.25) is 9.84 Å². The molecule has 0 unspecified atom stereocenters. The molecule has 9 aromatic rings. The number of nitrogens with two attached hydrogens (primary N) is 1. The Hall–Kier alpha value is -8.50. The molecule has 0 aromatic heterocycles. The molecule has 0 spiro atoms. The second-order valence-electron chi connectivity index (χ2n) is 17.1. The number of phenols is 3. The fraction of sp³-hybridized carbons (Fsp3) is 0.0526. The van der Waals surface area contributed by atoms with Crippen LogP contribution in [0.25, 0.3) is 0 Å². The first-order valence-electron chi connectivity index (χ1n) is 23.6. The van der Waals surface area contributed by atoms with Crippen LogP contribution in [0.3, 0.4) is 0 Å². The Balaban J connectivity index is 0.000000176. The van der Waals surface area contributed by atoms with Crippen molar-refractivity contribution >= 4 is 102 Å². The van der Waals surface area contributed by atoms with Crippen LogP contribution in [0.4, 0.5) is 42.9 Å². The summed E-state index contributed by atoms with van der Waals surface area (Å²) >= 11 is 25.1. The minimum absolute atomic E-state index is 0.000199. The molecule has 81 heavy (non-hydrogen) atoms. The zero-order valence-corrected chi connectivity index (χ0v) is 46.4. The summed E-state index contributed by atoms with van der Waals surface area (Å²) in [5, 5.41) is 61.8. The van der Waals surface area contributed by atoms with Crippen LogP contribution in [-0.2, 0) is 29.5 Å². The first kappa shape index (κ1) is 60.1. The van der Waals surface area contributed by atoms with Gasteiger partial charge in [0.15, 0.2) is 28.9 Å². The summed E-state index contributed by atoms with van der Waals surface area (Å²) in [5.41, 5.74) is 7.70. The van der Waals surface area contributed by atoms with Crippen LogP contribution in [0.15, 0.2) is 202 Å². The van der Waals surface area contributed by atoms with Crippen molar-refractivity contribution in [1.82, 2.24) is 0 Å². The number of phenolic OH excluding ortho intramolecular Hbond substituents is 3. The molecule has 0 bridgehead atoms. The van der Waals surface area contributed by atoms with Gasteiger partial charge in [0.25, 0.3) is 11.4 Å². The molecule has 0 aliphatic rings. The van der Waals surface area contributed by atoms with Crippen molar-refractivity contribution in [3.63, 3.8) is 0 Å². The molecule has 0 heterocycles. The number of nitrogens with zero attached hydrogens (tertiary/aromatic N) is 2. The van der Waals surface area contributed by atoms with E-state index in [1.165, 1.54) is 48.2 Å². The Morgan fingerprint density at radius 2 is 1.07 bits per heavy atom. The number of ether oxygens (including phenoxy) is 1. The molecule has 16 nitrogen and oxygen atoms in total. The van der Waals surface area contributed by atoms with Crippen LogP contribution in [0, 0.1) is 31.9 Å². The molecule has 0 fully saturated rings. The van der Waals surface area contributed by atoms with E-state index < -0.39 is 54.2 Å². The molecule has 24 heteroatoms. The van der Waals surface area contributed by atoms with Crippen LogP contribution in [-0.4, -0.2) is 33.6 Å². The Kier molecular flexibility index (Phi) is 20.5. The van der Waals surface area contributed by atoms with Crippen LogP contribution < -0.4 is 26.4 Å². The number of nitrogen functional groups attached to an aromatic ring is 1. The van der Waals surface area contributed by atoms with E-state index in [0.717, 1.165) is 44.5 Å². The van der Waals surface area contributed by atoms with Crippen molar-refractivity contribution in [3.05, 3.63) is 251 Å². The number of sulfone groups is 1. The first-order valence-corrected chi connectivity index (χ1v) is 27.4. The number of non-ortho nitro benzene ring substituents is 2. The summed E-state index contributed by atoms with van der Waals surface area (Å²) in [5.74, 6) is -2.20. The third kappa shape index (κ3) is 16.5. The number of halogens is 6. The maximum atomic E-state index is 13.8. The lowest BCUT2D eigenvalue weighted by molar-refractivity contribution is -0.385. The van der Waals surface area contributed by atoms with E-state index in [1.807, 2.05) is 72.8 Å². The summed E-state index contributed by atoms with van der Waals surface area (Å²) in [4.78, 5) is 22.2. The number of nitro benzene ring substituents is 2. The molecule has 0 aliphatic carbocycles. The minimum atomic E-state index is -3.87. The number of anilines is 4. The van der Waals surface area contributed by atoms with Gasteiger partial charge in [-0.25, -0.2) is 17.2 Å². The van der Waals surface area contributed by atoms with E-state index in [9.17, 15) is 52.7 Å². The number of nitrogens with one attached hydrogen (secondary N) is 3. The van der Waals surface area contributed by atoms with Crippen molar-refractivity contribution in [1.29, 1.82) is 0 Å². The lowest BCUT2D eigenvalue weighted by atomic mass is 10.2. The number of para-hydroxylation sites is 1. The molecule has 9 rings (SSSR count). The number of hydrogen-bond donors (Lipinski definition) is 7. The average Bonchev–Trinajstić information content (AvgIpc) is 3.46. The quantitative estimate of drug-likeness (QED) is 0.0194. The van der Waals surface area contributed by atoms with Crippen LogP contribution in [0.5, 0.6) is 28.7 Å². The lowest BCUT2D eigenvalue weighted by Gasteiger charge is -2.13. The van der Waals surface area contributed by atoms with Crippen LogP contribution in [0.1, 0.15) is 16.7 Å². The van der Waals surface area contributed by atoms with E-state index in [2.05, 4.69) is 16.0 Å². The minimum Gasteiger partial charge on any atom is -0.504 e. The standard InChI is InChI=1S/C19H15Cl2NO2.C19H15ClFN3O3S.C19H14ClFN2O5S/c20-14-10-17(21)19(23)18(11-14)22-12-13-5-4-8-16(9-13)24-15-6-2-1-3-7-15;20-12-1-4-15(5-2-12)28-18-6-3-13(22)7-11(18)10-23-17-9-14(24(26)27)8-16(21)19(17)25;20-13-5-7-15(8-6-13)29(27,28)18-4-2-1-3-12(18)11-22-17-10-14(23(25)26)9-16(21)19(17)24/h1-11,22-23H,12H2;1-9,23,25H,10,22H2;1-10,22,24H,11H2. The Labute approximate surface area is 486 Å². The number of nitro groups is 2. The molecule has 9 aromatic carbocycles. The van der Waals surface area contributed by atoms with Crippen LogP contribution >= 0.6 is 58.2 Å². The highest BCUT2D eigenvalue weighted by Crippen LogP contribution is 2.38. The molecule has 416 valence electrons. The highest BCUT2D eigenvalue weighted by Gasteiger charge is 2.23. The maximum Gasteiger partial charge on any atom is 0.274 e. The van der Waals surface area contributed by atoms with Gasteiger partial charge < -0.3 is 41.7 Å². The van der Waals surface area contributed by atoms with Crippen LogP contribution in [0.2, 0.25) is 20.1 Å². The third-order valence-corrected chi connectivity index (χ3v) is 15.4. The molecule has 0 radical (unpaired) electrons. The number of hydrogen-bond acceptors (Lipinski definition) is 15. The second kappa shape index (κ2) is 27.6. The first-order chi connectivity index (χ1) is 38.6. The normalized spacial score (nSPS) is 10.8. The zero-order chi connectivity index (χ0) is 58.4. The topological polar surface area (TPSA) is 252 Å². The van der Waals surface area contributed by atoms with Crippen molar-refractivity contribution in [2.24, 2.45) is 0 Å². The summed E-state index contributed by atoms with van der Waals surface area (Å²) in [7, 11) is -3.87. The van der Waals surface area contributed by atoms with Gasteiger partial charge in [-0.05, 0) is 126 Å². The fourth-order valence-corrected chi connectivity index (χ4v) is 10.6. The smallest absolute Gasteiger partial charge is 0.274 e. The monoisotopic (exact) mass is 1210 g/mol. The Morgan fingerprint density at radius 3 is 1.68 bits per heavy atom. The Morgan fingerprint density at radius 1 is 0.543 bits per heavy atom. The predicted octanol–water partition coefficient (Wildman–Crippen LogP) is 16.1. The predicted molar refractivity (Wildman–Crippen MR) is 312 cm³/mol. The van der Waals surface area contributed by atoms with Gasteiger partial charge in [-0.1, -0.05) is 107 Å². The summed E-state index contributed by atoms with van der Waals surface area (Å²) in [6, 6.07) is 48.2. The summed E-state index contributed by atoms with van der Waals surface area (Å²) in [6.45, 7) is 0.544. The average molecular weight is 1220 g/mol. The van der Waals surface area contributed by atoms with Gasteiger partial charge in [0, 0.05) is 62.3 Å². The third-order valence-electron chi connectivity index (χ3n) is 11.4. The second-order valence-corrected chi connectivity index (χ2v) is 21.8. The molecule has 0 atom stereocenters. The fourth-order valence-electron chi connectivity index (χ4n) is 7.39. The van der Waals surface area contributed by atoms with E-state index in [-0.39, 0.29) is 45.0 Å². The highest BCUT2D eigenvalue weighted by atomic mass is 35.5. The van der Waals surface area contributed by atoms with E-state index in [4.69, 9.17) is 56.9 Å². The van der Waals surface area contributed by atoms with Gasteiger partial charge >= 0.3 is 0 Å². The SMILES string of the molecule is Nc1ccc(Sc2ccc(Cl)cc2)c(CNc2cc([N+](=O)[O-])cc(F)c2O)c1.O=[N+]([O-])c1cc(F)c(O)c(NCc2ccccc2S(=O)(=O)c2ccc(Cl)cc2)c1.Oc1c(Cl)cc(Cl)cc1NCc1cccc(Oc2ccccc2)c1. The Bertz CT molecular complexity index is 3840. The maximum absolute atomic E-state index is 13.8. The largest absolute Gasteiger partial charge is 0.504 e. The molecule has 0 aliphatic heterocycles. The molecular weight excluding hydrogens is 1170 g/mol. The summed E-state index contributed by atoms with van der Waals surface area (Å²) in [6.07, 6.45) is 0. The molecular formula is C57H44Cl4F2N6O10S2. The number of aromatic hydroxyl groups is 3. The lowest BCUT2D eigenvalue weighted by Crippen LogP contribution is -2.09. The molecule has 8 N–H and O–H groups in total. The molecule has 0 amide bonds. The van der Waals surface area contributed by atoms with Crippen molar-refractivity contribution in [2.45, 2.75) is 39.2 Å². The van der Waals surface area contributed by atoms with Gasteiger partial charge in [0.1, 0.15) is 11.5 Å². The number of benzene rings is 9. The highest BCUT2D eigenvalue weighted by molar-refractivity contribution is 7.99. The molecule has 0 saturated heterocycles. The zero-order valence-electron chi connectivity index (χ0n) is 41.7. The van der Waals surface area contributed by atoms with E-state index >= 15 is 0 Å². The van der Waals surface area contributed by atoms with Gasteiger partial charge in [-0.2, -0.15) is 0 Å². The van der Waals surface area contributed by atoms with Gasteiger partial charge in [-0.15, -0.1) is 0 Å². The van der Waals surface area contributed by atoms with Gasteiger partial charge in [0.05, 0.1) is 53.9 Å².